The highest BCUT2D eigenvalue weighted by molar-refractivity contribution is 5.89. The lowest BCUT2D eigenvalue weighted by Gasteiger charge is -2.39. The van der Waals surface area contributed by atoms with E-state index in [1.807, 2.05) is 0 Å². The highest BCUT2D eigenvalue weighted by Crippen LogP contribution is 2.83. The van der Waals surface area contributed by atoms with Gasteiger partial charge in [-0.05, 0) is 22.3 Å². The van der Waals surface area contributed by atoms with Gasteiger partial charge in [-0.3, -0.25) is 4.79 Å². The summed E-state index contributed by atoms with van der Waals surface area (Å²) in [5, 5.41) is 0. The number of esters is 1. The van der Waals surface area contributed by atoms with E-state index in [0.717, 1.165) is 0 Å². The maximum atomic E-state index is 12.2. The lowest BCUT2D eigenvalue weighted by atomic mass is 9.63. The minimum absolute atomic E-state index is 0.00731. The van der Waals surface area contributed by atoms with Crippen molar-refractivity contribution in [2.75, 3.05) is 7.11 Å². The fourth-order valence-electron chi connectivity index (χ4n) is 4.96. The van der Waals surface area contributed by atoms with Crippen LogP contribution in [-0.4, -0.2) is 13.1 Å². The number of fused-ring (bicyclic) bond motifs is 5. The van der Waals surface area contributed by atoms with Crippen molar-refractivity contribution in [3.63, 3.8) is 0 Å². The Hall–Kier alpha value is -2.09. The molecule has 2 aromatic carbocycles. The van der Waals surface area contributed by atoms with E-state index in [2.05, 4.69) is 48.5 Å². The van der Waals surface area contributed by atoms with Gasteiger partial charge in [-0.25, -0.2) is 0 Å². The fourth-order valence-corrected chi connectivity index (χ4v) is 4.96. The van der Waals surface area contributed by atoms with Gasteiger partial charge < -0.3 is 4.74 Å². The molecule has 2 heteroatoms. The summed E-state index contributed by atoms with van der Waals surface area (Å²) in [6.45, 7) is 0. The van der Waals surface area contributed by atoms with Crippen LogP contribution in [0, 0.1) is 5.92 Å². The van der Waals surface area contributed by atoms with Crippen LogP contribution >= 0.6 is 0 Å². The summed E-state index contributed by atoms with van der Waals surface area (Å²) in [6.07, 6.45) is 0. The number of ether oxygens (including phenoxy) is 1. The molecular formula is C18H14O2. The van der Waals surface area contributed by atoms with Crippen molar-refractivity contribution in [1.29, 1.82) is 0 Å². The van der Waals surface area contributed by atoms with Crippen LogP contribution in [0.3, 0.4) is 0 Å². The average Bonchev–Trinajstić information content (AvgIpc) is 3.13. The highest BCUT2D eigenvalue weighted by atomic mass is 16.5. The van der Waals surface area contributed by atoms with Crippen molar-refractivity contribution in [2.24, 2.45) is 5.92 Å². The molecule has 4 unspecified atom stereocenters. The van der Waals surface area contributed by atoms with Crippen molar-refractivity contribution in [2.45, 2.75) is 17.3 Å². The van der Waals surface area contributed by atoms with Crippen LogP contribution in [0.15, 0.2) is 48.5 Å². The Kier molecular flexibility index (Phi) is 1.68. The van der Waals surface area contributed by atoms with Crippen molar-refractivity contribution in [1.82, 2.24) is 0 Å². The predicted molar refractivity (Wildman–Crippen MR) is 74.7 cm³/mol. The first-order valence-corrected chi connectivity index (χ1v) is 7.08. The second-order valence-corrected chi connectivity index (χ2v) is 6.06. The van der Waals surface area contributed by atoms with Gasteiger partial charge in [-0.1, -0.05) is 48.5 Å². The van der Waals surface area contributed by atoms with E-state index in [9.17, 15) is 4.79 Å². The Morgan fingerprint density at radius 1 is 1.00 bits per heavy atom. The maximum Gasteiger partial charge on any atom is 0.310 e. The van der Waals surface area contributed by atoms with Crippen molar-refractivity contribution >= 4 is 5.97 Å². The van der Waals surface area contributed by atoms with Gasteiger partial charge in [0.25, 0.3) is 0 Å². The zero-order valence-electron chi connectivity index (χ0n) is 11.2. The minimum Gasteiger partial charge on any atom is -0.469 e. The van der Waals surface area contributed by atoms with Gasteiger partial charge in [0.2, 0.25) is 0 Å². The lowest BCUT2D eigenvalue weighted by Crippen LogP contribution is -2.34. The number of carbonyl (C=O) groups excluding carboxylic acids is 1. The fraction of sp³-hybridized carbons (Fsp3) is 0.278. The van der Waals surface area contributed by atoms with Gasteiger partial charge >= 0.3 is 5.97 Å². The second kappa shape index (κ2) is 3.14. The zero-order chi connectivity index (χ0) is 13.5. The molecule has 1 spiro atoms. The van der Waals surface area contributed by atoms with Crippen molar-refractivity contribution in [3.8, 4) is 0 Å². The molecule has 20 heavy (non-hydrogen) atoms. The Morgan fingerprint density at radius 3 is 2.40 bits per heavy atom. The summed E-state index contributed by atoms with van der Waals surface area (Å²) in [6, 6.07) is 17.2. The molecule has 2 aromatic rings. The molecule has 0 aliphatic heterocycles. The smallest absolute Gasteiger partial charge is 0.310 e. The largest absolute Gasteiger partial charge is 0.469 e. The molecule has 98 valence electrons. The first-order chi connectivity index (χ1) is 9.81. The maximum absolute atomic E-state index is 12.2. The Labute approximate surface area is 117 Å². The summed E-state index contributed by atoms with van der Waals surface area (Å²) in [5.41, 5.74) is 5.53. The van der Waals surface area contributed by atoms with Crippen LogP contribution in [0.1, 0.15) is 34.1 Å². The van der Waals surface area contributed by atoms with Crippen LogP contribution in [0.2, 0.25) is 0 Å². The summed E-state index contributed by atoms with van der Waals surface area (Å²) in [5.74, 6) is 0.682. The first-order valence-electron chi connectivity index (χ1n) is 7.08. The molecule has 0 N–H and O–H groups in total. The molecule has 1 fully saturated rings. The van der Waals surface area contributed by atoms with Gasteiger partial charge in [0.05, 0.1) is 13.0 Å². The van der Waals surface area contributed by atoms with Crippen molar-refractivity contribution in [3.05, 3.63) is 70.8 Å². The lowest BCUT2D eigenvalue weighted by molar-refractivity contribution is -0.143. The number of hydrogen-bond donors (Lipinski definition) is 0. The number of methoxy groups -OCH3 is 1. The van der Waals surface area contributed by atoms with Crippen LogP contribution in [0.5, 0.6) is 0 Å². The third-order valence-electron chi connectivity index (χ3n) is 5.57. The Bertz CT molecular complexity index is 758. The van der Waals surface area contributed by atoms with E-state index in [1.54, 1.807) is 0 Å². The molecule has 4 atom stereocenters. The normalized spacial score (nSPS) is 34.1. The summed E-state index contributed by atoms with van der Waals surface area (Å²) in [7, 11) is 1.50. The quantitative estimate of drug-likeness (QED) is 0.739. The molecule has 0 aromatic heterocycles. The highest BCUT2D eigenvalue weighted by Gasteiger charge is 2.81. The van der Waals surface area contributed by atoms with Crippen LogP contribution in [-0.2, 0) is 14.9 Å². The topological polar surface area (TPSA) is 26.3 Å². The van der Waals surface area contributed by atoms with Gasteiger partial charge in [-0.15, -0.1) is 0 Å². The van der Waals surface area contributed by atoms with E-state index in [-0.39, 0.29) is 17.3 Å². The standard InChI is InChI=1S/C18H14O2/c1-20-17(19)16-15-11-7-3-2-6-10(11)14-12-8-4-5-9-13(12)18(14,15)16/h2-9,14-16H,1H3. The number of benzene rings is 2. The Morgan fingerprint density at radius 2 is 1.65 bits per heavy atom. The van der Waals surface area contributed by atoms with Crippen molar-refractivity contribution < 1.29 is 9.53 Å². The van der Waals surface area contributed by atoms with Gasteiger partial charge in [0.15, 0.2) is 0 Å². The SMILES string of the molecule is COC(=O)C1C2c3ccccc3C3c4ccccc4C312. The van der Waals surface area contributed by atoms with Crippen LogP contribution in [0.25, 0.3) is 0 Å². The predicted octanol–water partition coefficient (Wildman–Crippen LogP) is 2.97. The van der Waals surface area contributed by atoms with E-state index in [1.165, 1.54) is 29.4 Å². The molecule has 0 bridgehead atoms. The van der Waals surface area contributed by atoms with E-state index >= 15 is 0 Å². The third-order valence-corrected chi connectivity index (χ3v) is 5.57. The van der Waals surface area contributed by atoms with Crippen LogP contribution < -0.4 is 0 Å². The average molecular weight is 262 g/mol. The Balaban J connectivity index is 1.77. The molecule has 3 aliphatic rings. The number of rotatable bonds is 1. The summed E-state index contributed by atoms with van der Waals surface area (Å²) >= 11 is 0. The zero-order valence-corrected chi connectivity index (χ0v) is 11.2. The van der Waals surface area contributed by atoms with E-state index in [4.69, 9.17) is 4.74 Å². The molecule has 2 nitrogen and oxygen atoms in total. The third kappa shape index (κ3) is 0.866. The summed E-state index contributed by atoms with van der Waals surface area (Å²) < 4.78 is 5.05. The van der Waals surface area contributed by atoms with Crippen LogP contribution in [0.4, 0.5) is 0 Å². The molecule has 1 saturated carbocycles. The second-order valence-electron chi connectivity index (χ2n) is 6.06. The minimum atomic E-state index is -0.0518. The molecule has 0 saturated heterocycles. The van der Waals surface area contributed by atoms with Gasteiger partial charge in [-0.2, -0.15) is 0 Å². The van der Waals surface area contributed by atoms with E-state index < -0.39 is 0 Å². The monoisotopic (exact) mass is 262 g/mol. The van der Waals surface area contributed by atoms with E-state index in [0.29, 0.717) is 11.8 Å². The van der Waals surface area contributed by atoms with Gasteiger partial charge in [0.1, 0.15) is 0 Å². The summed E-state index contributed by atoms with van der Waals surface area (Å²) in [4.78, 5) is 12.2. The number of carbonyl (C=O) groups is 1. The molecular weight excluding hydrogens is 248 g/mol. The molecule has 0 heterocycles. The molecule has 0 radical (unpaired) electrons. The molecule has 5 rings (SSSR count). The molecule has 0 amide bonds. The molecule has 3 aliphatic carbocycles. The number of hydrogen-bond acceptors (Lipinski definition) is 2. The first kappa shape index (κ1) is 10.7. The van der Waals surface area contributed by atoms with Gasteiger partial charge in [0, 0.05) is 17.3 Å².